The highest BCUT2D eigenvalue weighted by Crippen LogP contribution is 2.34. The average Bonchev–Trinajstić information content (AvgIpc) is 2.63. The van der Waals surface area contributed by atoms with Gasteiger partial charge in [-0.3, -0.25) is 10.0 Å². The van der Waals surface area contributed by atoms with Crippen molar-refractivity contribution in [3.05, 3.63) is 24.3 Å². The number of hydrogen-bond donors (Lipinski definition) is 2. The first kappa shape index (κ1) is 22.2. The van der Waals surface area contributed by atoms with Gasteiger partial charge in [0.05, 0.1) is 15.4 Å². The van der Waals surface area contributed by atoms with Gasteiger partial charge in [0.2, 0.25) is 10.0 Å². The number of sulfonamides is 1. The minimum atomic E-state index is -4.22. The number of nitrogens with one attached hydrogen (secondary N) is 1. The Kier molecular flexibility index (Phi) is 6.40. The molecule has 11 heteroatoms. The van der Waals surface area contributed by atoms with Crippen LogP contribution in [-0.2, 0) is 24.7 Å². The van der Waals surface area contributed by atoms with Gasteiger partial charge in [-0.25, -0.2) is 22.3 Å². The van der Waals surface area contributed by atoms with E-state index in [1.807, 2.05) is 0 Å². The Hall–Kier alpha value is -2.13. The number of rotatable bonds is 5. The van der Waals surface area contributed by atoms with E-state index in [9.17, 15) is 21.6 Å². The van der Waals surface area contributed by atoms with Crippen LogP contribution in [0, 0.1) is 11.8 Å². The van der Waals surface area contributed by atoms with Gasteiger partial charge >= 0.3 is 0 Å². The average molecular weight is 431 g/mol. The van der Waals surface area contributed by atoms with Gasteiger partial charge in [0.25, 0.3) is 5.91 Å². The predicted octanol–water partition coefficient (Wildman–Crippen LogP) is 0.160. The molecule has 1 saturated heterocycles. The zero-order valence-corrected chi connectivity index (χ0v) is 17.3. The van der Waals surface area contributed by atoms with Crippen LogP contribution in [0.15, 0.2) is 29.2 Å². The molecule has 2 rings (SSSR count). The molecular formula is C17H22N2O7S2. The molecule has 2 N–H and O–H groups in total. The fraction of sp³-hybridized carbons (Fsp3) is 0.471. The molecule has 0 aromatic heterocycles. The topological polar surface area (TPSA) is 130 Å². The molecule has 1 aliphatic heterocycles. The van der Waals surface area contributed by atoms with Gasteiger partial charge in [-0.2, -0.15) is 4.31 Å². The molecule has 154 valence electrons. The van der Waals surface area contributed by atoms with Crippen molar-refractivity contribution in [2.45, 2.75) is 36.5 Å². The Bertz CT molecular complexity index is 1000. The van der Waals surface area contributed by atoms with Crippen LogP contribution in [0.3, 0.4) is 0 Å². The van der Waals surface area contributed by atoms with Gasteiger partial charge in [0.15, 0.2) is 9.84 Å². The van der Waals surface area contributed by atoms with Gasteiger partial charge in [-0.15, -0.1) is 5.92 Å². The molecule has 1 fully saturated rings. The molecule has 1 aromatic carbocycles. The lowest BCUT2D eigenvalue weighted by atomic mass is 10.0. The molecule has 1 unspecified atom stereocenters. The van der Waals surface area contributed by atoms with Gasteiger partial charge < -0.3 is 4.74 Å². The van der Waals surface area contributed by atoms with Crippen LogP contribution in [0.4, 0.5) is 0 Å². The van der Waals surface area contributed by atoms with Crippen LogP contribution in [0.5, 0.6) is 5.75 Å². The Balaban J connectivity index is 2.42. The van der Waals surface area contributed by atoms with Crippen molar-refractivity contribution < 1.29 is 31.6 Å². The van der Waals surface area contributed by atoms with Crippen molar-refractivity contribution >= 4 is 25.8 Å². The number of hydroxylamine groups is 1. The Morgan fingerprint density at radius 3 is 2.50 bits per heavy atom. The van der Waals surface area contributed by atoms with Crippen molar-refractivity contribution in [2.75, 3.05) is 18.9 Å². The summed E-state index contributed by atoms with van der Waals surface area (Å²) in [6.45, 7) is 3.93. The number of hydrogen-bond acceptors (Lipinski definition) is 7. The van der Waals surface area contributed by atoms with Crippen LogP contribution >= 0.6 is 0 Å². The van der Waals surface area contributed by atoms with E-state index in [4.69, 9.17) is 9.94 Å². The highest BCUT2D eigenvalue weighted by atomic mass is 32.2. The minimum Gasteiger partial charge on any atom is -0.481 e. The maximum atomic E-state index is 13.1. The monoisotopic (exact) mass is 430 g/mol. The highest BCUT2D eigenvalue weighted by molar-refractivity contribution is 7.93. The third kappa shape index (κ3) is 4.00. The summed E-state index contributed by atoms with van der Waals surface area (Å²) in [5, 5.41) is 9.04. The fourth-order valence-corrected chi connectivity index (χ4v) is 6.36. The lowest BCUT2D eigenvalue weighted by Crippen LogP contribution is -2.66. The lowest BCUT2D eigenvalue weighted by molar-refractivity contribution is -0.134. The Morgan fingerprint density at radius 1 is 1.36 bits per heavy atom. The molecule has 9 nitrogen and oxygen atoms in total. The van der Waals surface area contributed by atoms with Crippen LogP contribution in [0.2, 0.25) is 0 Å². The number of benzene rings is 1. The molecular weight excluding hydrogens is 408 g/mol. The third-order valence-corrected chi connectivity index (χ3v) is 9.03. The summed E-state index contributed by atoms with van der Waals surface area (Å²) < 4.78 is 55.4. The van der Waals surface area contributed by atoms with Gasteiger partial charge in [-0.05, 0) is 45.0 Å². The van der Waals surface area contributed by atoms with E-state index < -0.39 is 48.9 Å². The summed E-state index contributed by atoms with van der Waals surface area (Å²) in [7, 11) is -7.99. The number of carbonyl (C=O) groups is 1. The number of sulfone groups is 1. The maximum Gasteiger partial charge on any atom is 0.263 e. The Morgan fingerprint density at radius 2 is 1.96 bits per heavy atom. The molecule has 1 aliphatic rings. The van der Waals surface area contributed by atoms with E-state index in [0.717, 1.165) is 4.31 Å². The van der Waals surface area contributed by atoms with E-state index in [-0.39, 0.29) is 11.5 Å². The third-order valence-electron chi connectivity index (χ3n) is 4.61. The normalized spacial score (nSPS) is 21.2. The second-order valence-corrected chi connectivity index (χ2v) is 11.2. The van der Waals surface area contributed by atoms with E-state index in [2.05, 4.69) is 11.8 Å². The summed E-state index contributed by atoms with van der Waals surface area (Å²) in [5.41, 5.74) is 1.38. The summed E-state index contributed by atoms with van der Waals surface area (Å²) in [4.78, 5) is 12.1. The highest BCUT2D eigenvalue weighted by Gasteiger charge is 2.55. The second kappa shape index (κ2) is 8.08. The molecule has 1 amide bonds. The van der Waals surface area contributed by atoms with Crippen molar-refractivity contribution in [1.29, 1.82) is 0 Å². The molecule has 1 heterocycles. The fourth-order valence-electron chi connectivity index (χ4n) is 2.92. The van der Waals surface area contributed by atoms with E-state index >= 15 is 0 Å². The number of amides is 1. The van der Waals surface area contributed by atoms with Crippen LogP contribution < -0.4 is 10.2 Å². The molecule has 0 saturated carbocycles. The molecule has 28 heavy (non-hydrogen) atoms. The molecule has 0 aliphatic carbocycles. The molecule has 1 aromatic rings. The first-order chi connectivity index (χ1) is 13.0. The number of ether oxygens (including phenoxy) is 1. The first-order valence-corrected chi connectivity index (χ1v) is 11.4. The van der Waals surface area contributed by atoms with Crippen LogP contribution in [0.25, 0.3) is 0 Å². The number of nitrogens with zero attached hydrogens (tertiary/aromatic N) is 1. The van der Waals surface area contributed by atoms with E-state index in [1.54, 1.807) is 6.92 Å². The van der Waals surface area contributed by atoms with E-state index in [1.165, 1.54) is 43.6 Å². The summed E-state index contributed by atoms with van der Waals surface area (Å²) >= 11 is 0. The van der Waals surface area contributed by atoms with Crippen LogP contribution in [-0.4, -0.2) is 61.9 Å². The van der Waals surface area contributed by atoms with Crippen LogP contribution in [0.1, 0.15) is 20.8 Å². The zero-order valence-electron chi connectivity index (χ0n) is 15.7. The molecule has 1 atom stereocenters. The zero-order chi connectivity index (χ0) is 21.2. The molecule has 0 spiro atoms. The smallest absolute Gasteiger partial charge is 0.263 e. The summed E-state index contributed by atoms with van der Waals surface area (Å²) in [5.74, 6) is 4.23. The molecule has 0 bridgehead atoms. The minimum absolute atomic E-state index is 0.132. The lowest BCUT2D eigenvalue weighted by Gasteiger charge is -2.43. The SMILES string of the molecule is CC#CCOc1ccc(S(=O)(=O)N2CCS(=O)(=O)C(C)(C)C2C(=O)NO)cc1. The van der Waals surface area contributed by atoms with Gasteiger partial charge in [-0.1, -0.05) is 5.92 Å². The maximum absolute atomic E-state index is 13.1. The predicted molar refractivity (Wildman–Crippen MR) is 101 cm³/mol. The quantitative estimate of drug-likeness (QED) is 0.387. The van der Waals surface area contributed by atoms with E-state index in [0.29, 0.717) is 5.75 Å². The largest absolute Gasteiger partial charge is 0.481 e. The van der Waals surface area contributed by atoms with Crippen molar-refractivity contribution in [2.24, 2.45) is 0 Å². The Labute approximate surface area is 164 Å². The van der Waals surface area contributed by atoms with Crippen molar-refractivity contribution in [3.8, 4) is 17.6 Å². The first-order valence-electron chi connectivity index (χ1n) is 8.29. The van der Waals surface area contributed by atoms with Gasteiger partial charge in [0, 0.05) is 6.54 Å². The van der Waals surface area contributed by atoms with Crippen molar-refractivity contribution in [1.82, 2.24) is 9.79 Å². The van der Waals surface area contributed by atoms with Crippen molar-refractivity contribution in [3.63, 3.8) is 0 Å². The second-order valence-electron chi connectivity index (χ2n) is 6.60. The standard InChI is InChI=1S/C17H22N2O7S2/c1-4-5-11-26-13-6-8-14(9-7-13)28(24,25)19-10-12-27(22,23)17(2,3)15(19)16(20)18-21/h6-9,15,21H,10-12H2,1-3H3,(H,18,20). The van der Waals surface area contributed by atoms with Gasteiger partial charge in [0.1, 0.15) is 18.4 Å². The molecule has 0 radical (unpaired) electrons. The summed E-state index contributed by atoms with van der Waals surface area (Å²) in [6, 6.07) is 3.85. The number of carbonyl (C=O) groups excluding carboxylic acids is 1. The summed E-state index contributed by atoms with van der Waals surface area (Å²) in [6.07, 6.45) is 0.